The summed E-state index contributed by atoms with van der Waals surface area (Å²) >= 11 is 0. The molecule has 23 heavy (non-hydrogen) atoms. The normalized spacial score (nSPS) is 34.6. The third-order valence-corrected chi connectivity index (χ3v) is 5.66. The Hall–Kier alpha value is -1.92. The van der Waals surface area contributed by atoms with Crippen molar-refractivity contribution >= 4 is 22.4 Å². The van der Waals surface area contributed by atoms with Gasteiger partial charge >= 0.3 is 0 Å². The van der Waals surface area contributed by atoms with E-state index in [9.17, 15) is 0 Å². The van der Waals surface area contributed by atoms with E-state index >= 15 is 0 Å². The molecule has 6 nitrogen and oxygen atoms in total. The van der Waals surface area contributed by atoms with Crippen LogP contribution >= 0.6 is 0 Å². The van der Waals surface area contributed by atoms with Crippen LogP contribution in [0.15, 0.2) is 29.4 Å². The molecule has 0 amide bonds. The van der Waals surface area contributed by atoms with E-state index in [1.165, 1.54) is 25.9 Å². The Morgan fingerprint density at radius 3 is 3.00 bits per heavy atom. The first-order valence-electron chi connectivity index (χ1n) is 8.38. The first-order valence-corrected chi connectivity index (χ1v) is 8.38. The molecule has 4 saturated heterocycles. The summed E-state index contributed by atoms with van der Waals surface area (Å²) in [5.74, 6) is 1.61. The van der Waals surface area contributed by atoms with E-state index in [1.54, 1.807) is 0 Å². The molecule has 4 aliphatic rings. The number of aliphatic imine (C=N–C) groups is 1. The first kappa shape index (κ1) is 13.5. The fourth-order valence-electron chi connectivity index (χ4n) is 4.40. The van der Waals surface area contributed by atoms with Crippen molar-refractivity contribution < 1.29 is 4.84 Å². The Kier molecular flexibility index (Phi) is 2.81. The van der Waals surface area contributed by atoms with E-state index in [1.807, 2.05) is 24.0 Å². The highest BCUT2D eigenvalue weighted by Crippen LogP contribution is 2.42. The van der Waals surface area contributed by atoms with Gasteiger partial charge in [-0.3, -0.25) is 15.0 Å². The zero-order valence-electron chi connectivity index (χ0n) is 13.3. The zero-order valence-corrected chi connectivity index (χ0v) is 13.3. The molecule has 0 aliphatic carbocycles. The molecule has 120 valence electrons. The molecule has 1 unspecified atom stereocenters. The molecule has 1 N–H and O–H groups in total. The smallest absolute Gasteiger partial charge is 0.129 e. The molecule has 1 aromatic carbocycles. The average molecular weight is 311 g/mol. The fourth-order valence-corrected chi connectivity index (χ4v) is 4.40. The lowest BCUT2D eigenvalue weighted by atomic mass is 9.74. The SMILES string of the molecule is Cn1ncc2cc(N=C3CC4(CN5CCC4CC5)ON3)ccc21. The highest BCUT2D eigenvalue weighted by Gasteiger charge is 2.52. The van der Waals surface area contributed by atoms with Crippen LogP contribution in [0.5, 0.6) is 0 Å². The monoisotopic (exact) mass is 311 g/mol. The number of rotatable bonds is 1. The predicted molar refractivity (Wildman–Crippen MR) is 88.5 cm³/mol. The van der Waals surface area contributed by atoms with Gasteiger partial charge in [0.1, 0.15) is 11.4 Å². The first-order chi connectivity index (χ1) is 11.2. The summed E-state index contributed by atoms with van der Waals surface area (Å²) in [6, 6.07) is 6.19. The van der Waals surface area contributed by atoms with Crippen LogP contribution in [0.3, 0.4) is 0 Å². The molecule has 1 aromatic heterocycles. The van der Waals surface area contributed by atoms with Crippen LogP contribution in [0.4, 0.5) is 5.69 Å². The molecule has 2 aromatic rings. The van der Waals surface area contributed by atoms with Crippen LogP contribution < -0.4 is 5.48 Å². The van der Waals surface area contributed by atoms with E-state index in [0.29, 0.717) is 5.92 Å². The molecule has 5 heterocycles. The number of piperidine rings is 3. The summed E-state index contributed by atoms with van der Waals surface area (Å²) < 4.78 is 1.88. The minimum atomic E-state index is -0.0618. The van der Waals surface area contributed by atoms with Crippen LogP contribution in [-0.4, -0.2) is 45.8 Å². The number of nitrogens with zero attached hydrogens (tertiary/aromatic N) is 4. The van der Waals surface area contributed by atoms with Crippen LogP contribution in [0.2, 0.25) is 0 Å². The van der Waals surface area contributed by atoms with Gasteiger partial charge in [-0.25, -0.2) is 4.99 Å². The maximum Gasteiger partial charge on any atom is 0.129 e. The van der Waals surface area contributed by atoms with Gasteiger partial charge in [-0.05, 0) is 50.0 Å². The molecule has 6 heteroatoms. The van der Waals surface area contributed by atoms with Crippen molar-refractivity contribution in [2.45, 2.75) is 24.9 Å². The largest absolute Gasteiger partial charge is 0.300 e. The van der Waals surface area contributed by atoms with E-state index in [2.05, 4.69) is 27.6 Å². The maximum absolute atomic E-state index is 6.05. The minimum absolute atomic E-state index is 0.0618. The third-order valence-electron chi connectivity index (χ3n) is 5.66. The van der Waals surface area contributed by atoms with Crippen molar-refractivity contribution in [3.05, 3.63) is 24.4 Å². The number of hydroxylamine groups is 1. The minimum Gasteiger partial charge on any atom is -0.300 e. The number of hydrogen-bond acceptors (Lipinski definition) is 4. The number of benzene rings is 1. The highest BCUT2D eigenvalue weighted by molar-refractivity contribution is 5.88. The molecule has 0 saturated carbocycles. The van der Waals surface area contributed by atoms with Crippen LogP contribution in [0.1, 0.15) is 19.3 Å². The predicted octanol–water partition coefficient (Wildman–Crippen LogP) is 1.99. The Balaban J connectivity index is 1.42. The van der Waals surface area contributed by atoms with Crippen molar-refractivity contribution in [1.29, 1.82) is 0 Å². The maximum atomic E-state index is 6.05. The Morgan fingerprint density at radius 1 is 1.35 bits per heavy atom. The van der Waals surface area contributed by atoms with Gasteiger partial charge in [-0.2, -0.15) is 5.10 Å². The average Bonchev–Trinajstić information content (AvgIpc) is 3.13. The van der Waals surface area contributed by atoms with Crippen molar-refractivity contribution in [3.8, 4) is 0 Å². The molecule has 6 rings (SSSR count). The Morgan fingerprint density at radius 2 is 2.22 bits per heavy atom. The molecule has 4 fully saturated rings. The van der Waals surface area contributed by atoms with E-state index in [-0.39, 0.29) is 5.60 Å². The number of hydrogen-bond donors (Lipinski definition) is 1. The van der Waals surface area contributed by atoms with Gasteiger partial charge in [0.15, 0.2) is 0 Å². The van der Waals surface area contributed by atoms with Crippen molar-refractivity contribution in [2.75, 3.05) is 19.6 Å². The lowest BCUT2D eigenvalue weighted by Crippen LogP contribution is -2.59. The quantitative estimate of drug-likeness (QED) is 0.875. The van der Waals surface area contributed by atoms with E-state index in [4.69, 9.17) is 9.83 Å². The number of fused-ring (bicyclic) bond motifs is 3. The number of nitrogens with one attached hydrogen (secondary N) is 1. The molecule has 1 atom stereocenters. The molecular formula is C17H21N5O. The van der Waals surface area contributed by atoms with Crippen molar-refractivity contribution in [3.63, 3.8) is 0 Å². The Labute approximate surface area is 135 Å². The number of aromatic nitrogens is 2. The van der Waals surface area contributed by atoms with Gasteiger partial charge in [0.25, 0.3) is 0 Å². The topological polar surface area (TPSA) is 54.7 Å². The molecule has 4 aliphatic heterocycles. The number of amidine groups is 1. The zero-order chi connectivity index (χ0) is 15.4. The van der Waals surface area contributed by atoms with Crippen LogP contribution in [0, 0.1) is 5.92 Å². The molecule has 1 spiro atoms. The lowest BCUT2D eigenvalue weighted by Gasteiger charge is -2.49. The Bertz CT molecular complexity index is 789. The van der Waals surface area contributed by atoms with Crippen LogP contribution in [-0.2, 0) is 11.9 Å². The fraction of sp³-hybridized carbons (Fsp3) is 0.529. The third kappa shape index (κ3) is 2.09. The van der Waals surface area contributed by atoms with Crippen LogP contribution in [0.25, 0.3) is 10.9 Å². The summed E-state index contributed by atoms with van der Waals surface area (Å²) in [5, 5.41) is 5.40. The van der Waals surface area contributed by atoms with Crippen molar-refractivity contribution in [2.24, 2.45) is 18.0 Å². The summed E-state index contributed by atoms with van der Waals surface area (Å²) in [5.41, 5.74) is 5.12. The second-order valence-electron chi connectivity index (χ2n) is 7.07. The number of aryl methyl sites for hydroxylation is 1. The van der Waals surface area contributed by atoms with Gasteiger partial charge < -0.3 is 4.90 Å². The molecule has 0 radical (unpaired) electrons. The summed E-state index contributed by atoms with van der Waals surface area (Å²) in [7, 11) is 1.96. The summed E-state index contributed by atoms with van der Waals surface area (Å²) in [4.78, 5) is 13.3. The van der Waals surface area contributed by atoms with Gasteiger partial charge in [-0.15, -0.1) is 0 Å². The van der Waals surface area contributed by atoms with Gasteiger partial charge in [0.2, 0.25) is 0 Å². The molecule has 2 bridgehead atoms. The second kappa shape index (κ2) is 4.79. The summed E-state index contributed by atoms with van der Waals surface area (Å²) in [6.45, 7) is 3.48. The second-order valence-corrected chi connectivity index (χ2v) is 7.07. The summed E-state index contributed by atoms with van der Waals surface area (Å²) in [6.07, 6.45) is 5.26. The van der Waals surface area contributed by atoms with Gasteiger partial charge in [0.05, 0.1) is 17.4 Å². The molecular weight excluding hydrogens is 290 g/mol. The van der Waals surface area contributed by atoms with Crippen molar-refractivity contribution in [1.82, 2.24) is 20.2 Å². The van der Waals surface area contributed by atoms with Gasteiger partial charge in [0, 0.05) is 25.4 Å². The van der Waals surface area contributed by atoms with Gasteiger partial charge in [-0.1, -0.05) is 0 Å². The lowest BCUT2D eigenvalue weighted by molar-refractivity contribution is -0.150. The van der Waals surface area contributed by atoms with E-state index in [0.717, 1.165) is 35.4 Å². The standard InChI is InChI=1S/C17H21N5O/c1-21-15-3-2-14(8-12(15)10-18-21)19-16-9-17(23-20-16)11-22-6-4-13(17)5-7-22/h2-3,8,10,13H,4-7,9,11H2,1H3,(H,19,20). The van der Waals surface area contributed by atoms with E-state index < -0.39 is 0 Å². The highest BCUT2D eigenvalue weighted by atomic mass is 16.7.